The summed E-state index contributed by atoms with van der Waals surface area (Å²) in [7, 11) is 0. The van der Waals surface area contributed by atoms with E-state index >= 15 is 0 Å². The zero-order chi connectivity index (χ0) is 14.5. The van der Waals surface area contributed by atoms with Crippen molar-refractivity contribution >= 4 is 0 Å². The first kappa shape index (κ1) is 16.2. The van der Waals surface area contributed by atoms with Gasteiger partial charge in [0.1, 0.15) is 0 Å². The topological polar surface area (TPSA) is 38.0 Å². The third-order valence-electron chi connectivity index (χ3n) is 3.80. The molecule has 2 atom stereocenters. The molecule has 0 spiro atoms. The molecular formula is C17H30N2. The van der Waals surface area contributed by atoms with Crippen molar-refractivity contribution < 1.29 is 0 Å². The van der Waals surface area contributed by atoms with Gasteiger partial charge in [-0.3, -0.25) is 11.3 Å². The second kappa shape index (κ2) is 7.06. The molecule has 0 aliphatic carbocycles. The van der Waals surface area contributed by atoms with E-state index in [-0.39, 0.29) is 11.5 Å². The minimum atomic E-state index is 0.208. The van der Waals surface area contributed by atoms with Gasteiger partial charge in [0.25, 0.3) is 0 Å². The fourth-order valence-corrected chi connectivity index (χ4v) is 2.53. The van der Waals surface area contributed by atoms with E-state index in [2.05, 4.69) is 64.3 Å². The Balaban J connectivity index is 2.77. The standard InChI is InChI=1S/C17H30N2/c1-6-7-13(2)12-16(19-18)14-8-10-15(11-9-14)17(3,4)5/h8-11,13,16,19H,6-7,12,18H2,1-5H3. The zero-order valence-corrected chi connectivity index (χ0v) is 13.2. The van der Waals surface area contributed by atoms with Gasteiger partial charge in [-0.1, -0.05) is 71.7 Å². The Bertz CT molecular complexity index is 362. The summed E-state index contributed by atoms with van der Waals surface area (Å²) < 4.78 is 0. The van der Waals surface area contributed by atoms with Gasteiger partial charge in [0.05, 0.1) is 0 Å². The van der Waals surface area contributed by atoms with E-state index in [1.54, 1.807) is 0 Å². The van der Waals surface area contributed by atoms with E-state index < -0.39 is 0 Å². The van der Waals surface area contributed by atoms with Crippen LogP contribution in [0.3, 0.4) is 0 Å². The van der Waals surface area contributed by atoms with Gasteiger partial charge in [0, 0.05) is 6.04 Å². The molecule has 2 heteroatoms. The van der Waals surface area contributed by atoms with Crippen molar-refractivity contribution in [1.29, 1.82) is 0 Å². The van der Waals surface area contributed by atoms with Gasteiger partial charge < -0.3 is 0 Å². The van der Waals surface area contributed by atoms with Gasteiger partial charge in [-0.2, -0.15) is 0 Å². The first-order chi connectivity index (χ1) is 8.88. The van der Waals surface area contributed by atoms with E-state index in [0.29, 0.717) is 5.92 Å². The van der Waals surface area contributed by atoms with Crippen LogP contribution in [0.5, 0.6) is 0 Å². The molecule has 0 aromatic heterocycles. The molecule has 0 bridgehead atoms. The third kappa shape index (κ3) is 4.96. The largest absolute Gasteiger partial charge is 0.271 e. The van der Waals surface area contributed by atoms with Crippen LogP contribution in [0.1, 0.15) is 71.0 Å². The molecule has 0 aliphatic rings. The van der Waals surface area contributed by atoms with Crippen LogP contribution >= 0.6 is 0 Å². The number of nitrogens with one attached hydrogen (secondary N) is 1. The summed E-state index contributed by atoms with van der Waals surface area (Å²) in [5.74, 6) is 6.43. The van der Waals surface area contributed by atoms with E-state index in [1.165, 1.54) is 24.0 Å². The Morgan fingerprint density at radius 2 is 1.74 bits per heavy atom. The average molecular weight is 262 g/mol. The number of rotatable bonds is 6. The SMILES string of the molecule is CCCC(C)CC(NN)c1ccc(C(C)(C)C)cc1. The molecule has 0 heterocycles. The van der Waals surface area contributed by atoms with E-state index in [0.717, 1.165) is 6.42 Å². The van der Waals surface area contributed by atoms with Gasteiger partial charge in [0.15, 0.2) is 0 Å². The highest BCUT2D eigenvalue weighted by atomic mass is 15.2. The van der Waals surface area contributed by atoms with Crippen LogP contribution in [0.4, 0.5) is 0 Å². The van der Waals surface area contributed by atoms with E-state index in [1.807, 2.05) is 0 Å². The quantitative estimate of drug-likeness (QED) is 0.592. The maximum atomic E-state index is 5.72. The molecule has 1 rings (SSSR count). The predicted molar refractivity (Wildman–Crippen MR) is 83.9 cm³/mol. The number of nitrogens with two attached hydrogens (primary N) is 1. The van der Waals surface area contributed by atoms with Gasteiger partial charge in [-0.15, -0.1) is 0 Å². The van der Waals surface area contributed by atoms with Crippen molar-refractivity contribution in [2.24, 2.45) is 11.8 Å². The second-order valence-electron chi connectivity index (χ2n) is 6.72. The highest BCUT2D eigenvalue weighted by molar-refractivity contribution is 5.29. The smallest absolute Gasteiger partial charge is 0.0462 e. The van der Waals surface area contributed by atoms with E-state index in [9.17, 15) is 0 Å². The highest BCUT2D eigenvalue weighted by Crippen LogP contribution is 2.27. The van der Waals surface area contributed by atoms with Crippen LogP contribution in [0.25, 0.3) is 0 Å². The summed E-state index contributed by atoms with van der Waals surface area (Å²) in [4.78, 5) is 0. The summed E-state index contributed by atoms with van der Waals surface area (Å²) in [6.07, 6.45) is 3.60. The first-order valence-electron chi connectivity index (χ1n) is 7.45. The summed E-state index contributed by atoms with van der Waals surface area (Å²) in [6.45, 7) is 11.3. The first-order valence-corrected chi connectivity index (χ1v) is 7.45. The molecule has 0 saturated heterocycles. The van der Waals surface area contributed by atoms with Gasteiger partial charge in [-0.25, -0.2) is 0 Å². The van der Waals surface area contributed by atoms with Crippen molar-refractivity contribution in [2.75, 3.05) is 0 Å². The Hall–Kier alpha value is -0.860. The lowest BCUT2D eigenvalue weighted by Gasteiger charge is -2.23. The summed E-state index contributed by atoms with van der Waals surface area (Å²) in [6, 6.07) is 9.14. The molecule has 108 valence electrons. The molecule has 0 radical (unpaired) electrons. The fraction of sp³-hybridized carbons (Fsp3) is 0.647. The molecule has 0 saturated carbocycles. The van der Waals surface area contributed by atoms with Crippen molar-refractivity contribution in [2.45, 2.75) is 65.3 Å². The summed E-state index contributed by atoms with van der Waals surface area (Å²) >= 11 is 0. The number of hydrazine groups is 1. The average Bonchev–Trinajstić information content (AvgIpc) is 2.35. The zero-order valence-electron chi connectivity index (χ0n) is 13.2. The maximum Gasteiger partial charge on any atom is 0.0462 e. The Morgan fingerprint density at radius 3 is 2.16 bits per heavy atom. The maximum absolute atomic E-state index is 5.72. The van der Waals surface area contributed by atoms with Crippen LogP contribution in [-0.2, 0) is 5.41 Å². The van der Waals surface area contributed by atoms with Crippen LogP contribution in [0.2, 0.25) is 0 Å². The fourth-order valence-electron chi connectivity index (χ4n) is 2.53. The molecule has 19 heavy (non-hydrogen) atoms. The van der Waals surface area contributed by atoms with Crippen LogP contribution in [-0.4, -0.2) is 0 Å². The molecule has 0 amide bonds. The van der Waals surface area contributed by atoms with Gasteiger partial charge in [0.2, 0.25) is 0 Å². The molecule has 1 aromatic rings. The van der Waals surface area contributed by atoms with Crippen LogP contribution in [0.15, 0.2) is 24.3 Å². The lowest BCUT2D eigenvalue weighted by atomic mass is 9.85. The predicted octanol–water partition coefficient (Wildman–Crippen LogP) is 4.31. The van der Waals surface area contributed by atoms with Gasteiger partial charge >= 0.3 is 0 Å². The van der Waals surface area contributed by atoms with E-state index in [4.69, 9.17) is 5.84 Å². The third-order valence-corrected chi connectivity index (χ3v) is 3.80. The Kier molecular flexibility index (Phi) is 6.02. The minimum absolute atomic E-state index is 0.208. The van der Waals surface area contributed by atoms with Crippen LogP contribution < -0.4 is 11.3 Å². The van der Waals surface area contributed by atoms with Crippen molar-refractivity contribution in [3.8, 4) is 0 Å². The second-order valence-corrected chi connectivity index (χ2v) is 6.72. The van der Waals surface area contributed by atoms with Gasteiger partial charge in [-0.05, 0) is 28.9 Å². The molecule has 0 fully saturated rings. The molecule has 1 aromatic carbocycles. The molecule has 2 unspecified atom stereocenters. The monoisotopic (exact) mass is 262 g/mol. The number of hydrogen-bond acceptors (Lipinski definition) is 2. The summed E-state index contributed by atoms with van der Waals surface area (Å²) in [5.41, 5.74) is 5.83. The lowest BCUT2D eigenvalue weighted by Crippen LogP contribution is -2.29. The molecule has 2 nitrogen and oxygen atoms in total. The minimum Gasteiger partial charge on any atom is -0.271 e. The normalized spacial score (nSPS) is 15.3. The number of benzene rings is 1. The van der Waals surface area contributed by atoms with Crippen molar-refractivity contribution in [3.63, 3.8) is 0 Å². The Morgan fingerprint density at radius 1 is 1.16 bits per heavy atom. The lowest BCUT2D eigenvalue weighted by molar-refractivity contribution is 0.394. The van der Waals surface area contributed by atoms with Crippen molar-refractivity contribution in [1.82, 2.24) is 5.43 Å². The van der Waals surface area contributed by atoms with Crippen LogP contribution in [0, 0.1) is 5.92 Å². The molecule has 3 N–H and O–H groups in total. The molecular weight excluding hydrogens is 232 g/mol. The highest BCUT2D eigenvalue weighted by Gasteiger charge is 2.16. The Labute approximate surface area is 118 Å². The number of hydrogen-bond donors (Lipinski definition) is 2. The van der Waals surface area contributed by atoms with Crippen molar-refractivity contribution in [3.05, 3.63) is 35.4 Å². The summed E-state index contributed by atoms with van der Waals surface area (Å²) in [5, 5.41) is 0. The molecule has 0 aliphatic heterocycles.